The van der Waals surface area contributed by atoms with E-state index in [1.807, 2.05) is 24.0 Å². The summed E-state index contributed by atoms with van der Waals surface area (Å²) < 4.78 is 18.7. The first-order chi connectivity index (χ1) is 14.0. The molecular formula is C22H26FN3O3. The van der Waals surface area contributed by atoms with Crippen LogP contribution >= 0.6 is 0 Å². The molecule has 1 aliphatic heterocycles. The maximum atomic E-state index is 13.2. The number of benzene rings is 2. The van der Waals surface area contributed by atoms with Crippen molar-refractivity contribution in [2.45, 2.75) is 19.8 Å². The summed E-state index contributed by atoms with van der Waals surface area (Å²) in [6.45, 7) is 4.18. The van der Waals surface area contributed by atoms with Gasteiger partial charge in [-0.1, -0.05) is 12.1 Å². The average molecular weight is 399 g/mol. The number of hydrogen-bond acceptors (Lipinski definition) is 3. The Hall–Kier alpha value is -3.09. The standard InChI is InChI=1S/C22H26FN3O3/c1-2-29-20-10-3-7-17(12-20)21(27)26-11-5-6-16(15-26)14-24-22(28)25-19-9-4-8-18(23)13-19/h3-4,7-10,12-13,16H,2,5-6,11,14-15H2,1H3,(H2,24,25,28). The van der Waals surface area contributed by atoms with Crippen LogP contribution in [-0.2, 0) is 0 Å². The molecule has 2 aromatic carbocycles. The minimum absolute atomic E-state index is 0.0273. The number of amides is 3. The molecule has 1 saturated heterocycles. The molecule has 154 valence electrons. The van der Waals surface area contributed by atoms with Crippen LogP contribution in [0.5, 0.6) is 5.75 Å². The zero-order chi connectivity index (χ0) is 20.6. The van der Waals surface area contributed by atoms with E-state index in [2.05, 4.69) is 10.6 Å². The zero-order valence-corrected chi connectivity index (χ0v) is 16.5. The second-order valence-electron chi connectivity index (χ2n) is 7.07. The van der Waals surface area contributed by atoms with Crippen LogP contribution in [0, 0.1) is 11.7 Å². The highest BCUT2D eigenvalue weighted by Gasteiger charge is 2.25. The molecule has 3 amide bonds. The number of likely N-dealkylation sites (tertiary alicyclic amines) is 1. The molecule has 0 bridgehead atoms. The fraction of sp³-hybridized carbons (Fsp3) is 0.364. The van der Waals surface area contributed by atoms with E-state index in [0.717, 1.165) is 12.8 Å². The Labute approximate surface area is 170 Å². The van der Waals surface area contributed by atoms with Crippen LogP contribution in [0.4, 0.5) is 14.9 Å². The number of halogens is 1. The number of ether oxygens (including phenoxy) is 1. The molecule has 0 aromatic heterocycles. The molecule has 29 heavy (non-hydrogen) atoms. The van der Waals surface area contributed by atoms with Gasteiger partial charge in [0.25, 0.3) is 5.91 Å². The molecular weight excluding hydrogens is 373 g/mol. The van der Waals surface area contributed by atoms with E-state index in [1.165, 1.54) is 18.2 Å². The second-order valence-corrected chi connectivity index (χ2v) is 7.07. The Balaban J connectivity index is 1.51. The lowest BCUT2D eigenvalue weighted by Gasteiger charge is -2.33. The van der Waals surface area contributed by atoms with Crippen LogP contribution in [0.25, 0.3) is 0 Å². The molecule has 7 heteroatoms. The van der Waals surface area contributed by atoms with Crippen molar-refractivity contribution in [3.63, 3.8) is 0 Å². The molecule has 6 nitrogen and oxygen atoms in total. The predicted octanol–water partition coefficient (Wildman–Crippen LogP) is 3.90. The van der Waals surface area contributed by atoms with Crippen molar-refractivity contribution in [1.29, 1.82) is 0 Å². The molecule has 0 spiro atoms. The highest BCUT2D eigenvalue weighted by Crippen LogP contribution is 2.20. The fourth-order valence-corrected chi connectivity index (χ4v) is 3.46. The lowest BCUT2D eigenvalue weighted by atomic mass is 9.97. The van der Waals surface area contributed by atoms with E-state index in [0.29, 0.717) is 43.2 Å². The molecule has 1 atom stereocenters. The van der Waals surface area contributed by atoms with Gasteiger partial charge in [0.1, 0.15) is 11.6 Å². The van der Waals surface area contributed by atoms with E-state index in [-0.39, 0.29) is 17.9 Å². The highest BCUT2D eigenvalue weighted by atomic mass is 19.1. The normalized spacial score (nSPS) is 16.2. The summed E-state index contributed by atoms with van der Waals surface area (Å²) in [7, 11) is 0. The third-order valence-corrected chi connectivity index (χ3v) is 4.83. The van der Waals surface area contributed by atoms with Crippen molar-refractivity contribution in [2.24, 2.45) is 5.92 Å². The van der Waals surface area contributed by atoms with Crippen molar-refractivity contribution in [1.82, 2.24) is 10.2 Å². The number of urea groups is 1. The molecule has 1 unspecified atom stereocenters. The van der Waals surface area contributed by atoms with E-state index in [9.17, 15) is 14.0 Å². The molecule has 1 fully saturated rings. The topological polar surface area (TPSA) is 70.7 Å². The van der Waals surface area contributed by atoms with Crippen molar-refractivity contribution >= 4 is 17.6 Å². The van der Waals surface area contributed by atoms with Gasteiger partial charge in [-0.25, -0.2) is 9.18 Å². The van der Waals surface area contributed by atoms with Crippen LogP contribution in [-0.4, -0.2) is 43.1 Å². The van der Waals surface area contributed by atoms with Gasteiger partial charge in [0.15, 0.2) is 0 Å². The van der Waals surface area contributed by atoms with Gasteiger partial charge in [0.05, 0.1) is 6.61 Å². The maximum absolute atomic E-state index is 13.2. The number of rotatable bonds is 6. The van der Waals surface area contributed by atoms with Crippen LogP contribution in [0.1, 0.15) is 30.1 Å². The summed E-state index contributed by atoms with van der Waals surface area (Å²) >= 11 is 0. The summed E-state index contributed by atoms with van der Waals surface area (Å²) in [5.41, 5.74) is 1.01. The van der Waals surface area contributed by atoms with Crippen molar-refractivity contribution in [3.05, 3.63) is 59.9 Å². The third-order valence-electron chi connectivity index (χ3n) is 4.83. The van der Waals surface area contributed by atoms with Gasteiger partial charge in [-0.05, 0) is 62.1 Å². The summed E-state index contributed by atoms with van der Waals surface area (Å²) in [5.74, 6) is 0.418. The Morgan fingerprint density at radius 1 is 1.21 bits per heavy atom. The maximum Gasteiger partial charge on any atom is 0.319 e. The second kappa shape index (κ2) is 9.91. The quantitative estimate of drug-likeness (QED) is 0.774. The van der Waals surface area contributed by atoms with Crippen LogP contribution in [0.2, 0.25) is 0 Å². The van der Waals surface area contributed by atoms with Gasteiger partial charge in [-0.3, -0.25) is 4.79 Å². The largest absolute Gasteiger partial charge is 0.494 e. The summed E-state index contributed by atoms with van der Waals surface area (Å²) in [6.07, 6.45) is 1.82. The van der Waals surface area contributed by atoms with E-state index in [1.54, 1.807) is 18.2 Å². The van der Waals surface area contributed by atoms with E-state index in [4.69, 9.17) is 4.74 Å². The monoisotopic (exact) mass is 399 g/mol. The van der Waals surface area contributed by atoms with Gasteiger partial charge in [0, 0.05) is 30.9 Å². The van der Waals surface area contributed by atoms with Crippen molar-refractivity contribution in [3.8, 4) is 5.75 Å². The van der Waals surface area contributed by atoms with Crippen molar-refractivity contribution < 1.29 is 18.7 Å². The fourth-order valence-electron chi connectivity index (χ4n) is 3.46. The summed E-state index contributed by atoms with van der Waals surface area (Å²) in [5, 5.41) is 5.43. The number of carbonyl (C=O) groups excluding carboxylic acids is 2. The van der Waals surface area contributed by atoms with E-state index < -0.39 is 5.82 Å². The molecule has 0 saturated carbocycles. The van der Waals surface area contributed by atoms with Gasteiger partial charge >= 0.3 is 6.03 Å². The smallest absolute Gasteiger partial charge is 0.319 e. The molecule has 0 radical (unpaired) electrons. The Kier molecular flexibility index (Phi) is 7.05. The van der Waals surface area contributed by atoms with Crippen LogP contribution < -0.4 is 15.4 Å². The first kappa shape index (κ1) is 20.6. The lowest BCUT2D eigenvalue weighted by molar-refractivity contribution is 0.0674. The highest BCUT2D eigenvalue weighted by molar-refractivity contribution is 5.94. The minimum Gasteiger partial charge on any atom is -0.494 e. The van der Waals surface area contributed by atoms with Gasteiger partial charge in [-0.15, -0.1) is 0 Å². The zero-order valence-electron chi connectivity index (χ0n) is 16.5. The van der Waals surface area contributed by atoms with Gasteiger partial charge in [-0.2, -0.15) is 0 Å². The van der Waals surface area contributed by atoms with Crippen LogP contribution in [0.15, 0.2) is 48.5 Å². The molecule has 0 aliphatic carbocycles. The van der Waals surface area contributed by atoms with Crippen LogP contribution in [0.3, 0.4) is 0 Å². The summed E-state index contributed by atoms with van der Waals surface area (Å²) in [6, 6.07) is 12.6. The van der Waals surface area contributed by atoms with Gasteiger partial charge < -0.3 is 20.3 Å². The first-order valence-corrected chi connectivity index (χ1v) is 9.87. The number of carbonyl (C=O) groups is 2. The van der Waals surface area contributed by atoms with Crippen molar-refractivity contribution in [2.75, 3.05) is 31.6 Å². The molecule has 1 aliphatic rings. The Morgan fingerprint density at radius 2 is 2.03 bits per heavy atom. The summed E-state index contributed by atoms with van der Waals surface area (Å²) in [4.78, 5) is 26.7. The SMILES string of the molecule is CCOc1cccc(C(=O)N2CCCC(CNC(=O)Nc3cccc(F)c3)C2)c1. The number of nitrogens with one attached hydrogen (secondary N) is 2. The molecule has 2 aromatic rings. The number of nitrogens with zero attached hydrogens (tertiary/aromatic N) is 1. The van der Waals surface area contributed by atoms with E-state index >= 15 is 0 Å². The minimum atomic E-state index is -0.405. The van der Waals surface area contributed by atoms with Gasteiger partial charge in [0.2, 0.25) is 0 Å². The number of anilines is 1. The third kappa shape index (κ3) is 5.94. The first-order valence-electron chi connectivity index (χ1n) is 9.87. The molecule has 1 heterocycles. The molecule has 3 rings (SSSR count). The lowest BCUT2D eigenvalue weighted by Crippen LogP contribution is -2.44. The number of hydrogen-bond donors (Lipinski definition) is 2. The predicted molar refractivity (Wildman–Crippen MR) is 110 cm³/mol. The average Bonchev–Trinajstić information content (AvgIpc) is 2.72. The number of piperidine rings is 1. The molecule has 2 N–H and O–H groups in total. The Morgan fingerprint density at radius 3 is 2.83 bits per heavy atom. The Bertz CT molecular complexity index is 859.